The number of nitrogens with zero attached hydrogens (tertiary/aromatic N) is 2. The maximum atomic E-state index is 6.12. The van der Waals surface area contributed by atoms with E-state index in [1.807, 2.05) is 4.81 Å². The molecule has 2 atom stereocenters. The summed E-state index contributed by atoms with van der Waals surface area (Å²) >= 11 is 0. The van der Waals surface area contributed by atoms with Gasteiger partial charge in [0.15, 0.2) is 7.98 Å². The van der Waals surface area contributed by atoms with Crippen molar-refractivity contribution in [3.63, 3.8) is 0 Å². The third-order valence-electron chi connectivity index (χ3n) is 3.65. The monoisotopic (exact) mass is 252 g/mol. The molecule has 0 rings (SSSR count). The topological polar surface area (TPSA) is 6.48 Å². The minimum atomic E-state index is 0.471. The van der Waals surface area contributed by atoms with Crippen LogP contribution in [0.1, 0.15) is 54.4 Å². The molecule has 106 valence electrons. The Labute approximate surface area is 117 Å². The average molecular weight is 252 g/mol. The van der Waals surface area contributed by atoms with E-state index in [-0.39, 0.29) is 0 Å². The molecule has 2 unspecified atom stereocenters. The highest BCUT2D eigenvalue weighted by Crippen LogP contribution is 2.11. The van der Waals surface area contributed by atoms with Gasteiger partial charge in [0.1, 0.15) is 0 Å². The Kier molecular flexibility index (Phi) is 8.97. The second-order valence-corrected chi connectivity index (χ2v) is 6.68. The van der Waals surface area contributed by atoms with Crippen LogP contribution in [0.15, 0.2) is 0 Å². The Morgan fingerprint density at radius 1 is 0.778 bits per heavy atom. The molecule has 2 nitrogen and oxygen atoms in total. The molecule has 0 aliphatic carbocycles. The van der Waals surface area contributed by atoms with Crippen LogP contribution in [-0.4, -0.2) is 49.9 Å². The summed E-state index contributed by atoms with van der Waals surface area (Å²) in [5.41, 5.74) is 0. The van der Waals surface area contributed by atoms with Crippen molar-refractivity contribution >= 4 is 7.98 Å². The molecule has 0 saturated carbocycles. The summed E-state index contributed by atoms with van der Waals surface area (Å²) in [5, 5.41) is 0. The zero-order valence-corrected chi connectivity index (χ0v) is 13.6. The maximum absolute atomic E-state index is 6.12. The lowest BCUT2D eigenvalue weighted by molar-refractivity contribution is 0.199. The van der Waals surface area contributed by atoms with Crippen molar-refractivity contribution in [3.8, 4) is 0 Å². The fourth-order valence-corrected chi connectivity index (χ4v) is 2.39. The number of hydrogen-bond acceptors (Lipinski definition) is 2. The summed E-state index contributed by atoms with van der Waals surface area (Å²) in [6.45, 7) is 15.6. The van der Waals surface area contributed by atoms with E-state index in [4.69, 9.17) is 7.98 Å². The van der Waals surface area contributed by atoms with Gasteiger partial charge in [-0.3, -0.25) is 0 Å². The first-order chi connectivity index (χ1) is 8.23. The van der Waals surface area contributed by atoms with Crippen LogP contribution in [0.5, 0.6) is 0 Å². The van der Waals surface area contributed by atoms with Gasteiger partial charge < -0.3 is 9.71 Å². The zero-order chi connectivity index (χ0) is 14.3. The number of hydrogen-bond donors (Lipinski definition) is 0. The average Bonchev–Trinajstić information content (AvgIpc) is 2.23. The Morgan fingerprint density at radius 3 is 1.67 bits per heavy atom. The number of rotatable bonds is 9. The van der Waals surface area contributed by atoms with Crippen LogP contribution in [0.4, 0.5) is 0 Å². The largest absolute Gasteiger partial charge is 0.350 e. The first-order valence-corrected chi connectivity index (χ1v) is 7.45. The van der Waals surface area contributed by atoms with Crippen LogP contribution in [0.25, 0.3) is 0 Å². The molecule has 0 saturated heterocycles. The highest BCUT2D eigenvalue weighted by molar-refractivity contribution is 6.04. The van der Waals surface area contributed by atoms with Crippen LogP contribution in [0.2, 0.25) is 0 Å². The summed E-state index contributed by atoms with van der Waals surface area (Å²) in [5.74, 6) is 1.47. The van der Waals surface area contributed by atoms with Gasteiger partial charge in [0, 0.05) is 12.6 Å². The lowest BCUT2D eigenvalue weighted by Crippen LogP contribution is -2.40. The predicted molar refractivity (Wildman–Crippen MR) is 82.9 cm³/mol. The molecule has 0 fully saturated rings. The molecule has 0 amide bonds. The maximum Gasteiger partial charge on any atom is 0.182 e. The van der Waals surface area contributed by atoms with Gasteiger partial charge in [0.05, 0.1) is 0 Å². The highest BCUT2D eigenvalue weighted by Gasteiger charge is 2.14. The molecular formula is C15H33BN2. The molecule has 0 aliphatic rings. The van der Waals surface area contributed by atoms with Crippen molar-refractivity contribution in [3.05, 3.63) is 0 Å². The molecule has 0 aromatic rings. The van der Waals surface area contributed by atoms with Crippen molar-refractivity contribution in [1.82, 2.24) is 9.71 Å². The van der Waals surface area contributed by atoms with E-state index in [0.717, 1.165) is 19.0 Å². The molecule has 0 aromatic heterocycles. The smallest absolute Gasteiger partial charge is 0.182 e. The molecule has 3 heteroatoms. The third kappa shape index (κ3) is 8.15. The van der Waals surface area contributed by atoms with E-state index >= 15 is 0 Å². The third-order valence-corrected chi connectivity index (χ3v) is 3.65. The second kappa shape index (κ2) is 8.98. The van der Waals surface area contributed by atoms with Crippen LogP contribution >= 0.6 is 0 Å². The standard InChI is InChI=1S/C15H33BN2/c1-12(2)10-14(5)17(7)8-9-18(16)15(6)11-13(3)4/h12-15H,8-11H2,1-7H3. The van der Waals surface area contributed by atoms with Gasteiger partial charge in [0.2, 0.25) is 0 Å². The Hall–Kier alpha value is -0.0151. The molecule has 0 aliphatic heterocycles. The SMILES string of the molecule is [B]N(CCN(C)C(C)CC(C)C)C(C)CC(C)C. The van der Waals surface area contributed by atoms with E-state index < -0.39 is 0 Å². The van der Waals surface area contributed by atoms with Crippen molar-refractivity contribution in [2.24, 2.45) is 11.8 Å². The van der Waals surface area contributed by atoms with E-state index in [2.05, 4.69) is 53.5 Å². The van der Waals surface area contributed by atoms with Gasteiger partial charge in [0.25, 0.3) is 0 Å². The first-order valence-electron chi connectivity index (χ1n) is 7.45. The van der Waals surface area contributed by atoms with E-state index in [1.165, 1.54) is 12.8 Å². The molecule has 0 spiro atoms. The second-order valence-electron chi connectivity index (χ2n) is 6.68. The lowest BCUT2D eigenvalue weighted by atomic mass is 10.0. The summed E-state index contributed by atoms with van der Waals surface area (Å²) in [7, 11) is 8.32. The summed E-state index contributed by atoms with van der Waals surface area (Å²) in [6, 6.07) is 1.11. The summed E-state index contributed by atoms with van der Waals surface area (Å²) < 4.78 is 0. The lowest BCUT2D eigenvalue weighted by Gasteiger charge is -2.31. The molecular weight excluding hydrogens is 219 g/mol. The van der Waals surface area contributed by atoms with Gasteiger partial charge >= 0.3 is 0 Å². The first kappa shape index (κ1) is 18.0. The molecule has 2 radical (unpaired) electrons. The summed E-state index contributed by atoms with van der Waals surface area (Å²) in [4.78, 5) is 4.42. The minimum Gasteiger partial charge on any atom is -0.350 e. The fourth-order valence-electron chi connectivity index (χ4n) is 2.39. The fraction of sp³-hybridized carbons (Fsp3) is 1.00. The van der Waals surface area contributed by atoms with Gasteiger partial charge in [-0.15, -0.1) is 0 Å². The molecule has 0 N–H and O–H groups in total. The Balaban J connectivity index is 3.93. The van der Waals surface area contributed by atoms with Crippen LogP contribution in [0.3, 0.4) is 0 Å². The van der Waals surface area contributed by atoms with Crippen LogP contribution < -0.4 is 0 Å². The molecule has 0 heterocycles. The zero-order valence-electron chi connectivity index (χ0n) is 13.6. The van der Waals surface area contributed by atoms with Crippen LogP contribution in [0, 0.1) is 11.8 Å². The molecule has 18 heavy (non-hydrogen) atoms. The van der Waals surface area contributed by atoms with Gasteiger partial charge in [-0.05, 0) is 51.2 Å². The highest BCUT2D eigenvalue weighted by atomic mass is 15.2. The number of likely N-dealkylation sites (N-methyl/N-ethyl adjacent to an activating group) is 1. The molecule has 0 bridgehead atoms. The summed E-state index contributed by atoms with van der Waals surface area (Å²) in [6.07, 6.45) is 2.42. The predicted octanol–water partition coefficient (Wildman–Crippen LogP) is 3.17. The van der Waals surface area contributed by atoms with Crippen molar-refractivity contribution < 1.29 is 0 Å². The quantitative estimate of drug-likeness (QED) is 0.581. The minimum absolute atomic E-state index is 0.471. The Bertz CT molecular complexity index is 185. The van der Waals surface area contributed by atoms with Crippen LogP contribution in [-0.2, 0) is 0 Å². The van der Waals surface area contributed by atoms with Crippen molar-refractivity contribution in [2.45, 2.75) is 66.5 Å². The molecule has 0 aromatic carbocycles. The van der Waals surface area contributed by atoms with Gasteiger partial charge in [-0.1, -0.05) is 34.6 Å². The van der Waals surface area contributed by atoms with E-state index in [0.29, 0.717) is 18.0 Å². The Morgan fingerprint density at radius 2 is 1.22 bits per heavy atom. The van der Waals surface area contributed by atoms with E-state index in [1.54, 1.807) is 0 Å². The van der Waals surface area contributed by atoms with Gasteiger partial charge in [-0.2, -0.15) is 0 Å². The van der Waals surface area contributed by atoms with Crippen molar-refractivity contribution in [2.75, 3.05) is 20.1 Å². The van der Waals surface area contributed by atoms with E-state index in [9.17, 15) is 0 Å². The van der Waals surface area contributed by atoms with Crippen molar-refractivity contribution in [1.29, 1.82) is 0 Å². The normalized spacial score (nSPS) is 15.9. The van der Waals surface area contributed by atoms with Gasteiger partial charge in [-0.25, -0.2) is 0 Å².